The number of nitrogens with zero attached hydrogens (tertiary/aromatic N) is 2. The lowest BCUT2D eigenvalue weighted by Crippen LogP contribution is -2.38. The summed E-state index contributed by atoms with van der Waals surface area (Å²) in [5, 5.41) is 9.77. The Morgan fingerprint density at radius 3 is 2.76 bits per heavy atom. The van der Waals surface area contributed by atoms with Crippen LogP contribution >= 0.6 is 0 Å². The van der Waals surface area contributed by atoms with Crippen molar-refractivity contribution in [1.82, 2.24) is 4.98 Å². The van der Waals surface area contributed by atoms with E-state index >= 15 is 0 Å². The van der Waals surface area contributed by atoms with Gasteiger partial charge in [-0.15, -0.1) is 0 Å². The first-order chi connectivity index (χ1) is 10.2. The number of benzene rings is 1. The van der Waals surface area contributed by atoms with Crippen LogP contribution in [0.4, 0.5) is 5.82 Å². The van der Waals surface area contributed by atoms with Crippen molar-refractivity contribution in [2.75, 3.05) is 24.6 Å². The van der Waals surface area contributed by atoms with Gasteiger partial charge in [-0.3, -0.25) is 0 Å². The van der Waals surface area contributed by atoms with E-state index < -0.39 is 5.97 Å². The fourth-order valence-corrected chi connectivity index (χ4v) is 2.67. The molecular weight excluding hydrogens is 268 g/mol. The molecule has 110 valence electrons. The van der Waals surface area contributed by atoms with E-state index in [2.05, 4.69) is 22.0 Å². The van der Waals surface area contributed by atoms with E-state index in [0.29, 0.717) is 0 Å². The molecule has 21 heavy (non-hydrogen) atoms. The summed E-state index contributed by atoms with van der Waals surface area (Å²) in [6.07, 6.45) is 1.71. The molecule has 1 aliphatic rings. The maximum Gasteiger partial charge on any atom is 0.329 e. The summed E-state index contributed by atoms with van der Waals surface area (Å²) in [5.74, 6) is 0.0685. The van der Waals surface area contributed by atoms with Crippen LogP contribution in [0.2, 0.25) is 0 Å². The van der Waals surface area contributed by atoms with E-state index in [1.165, 1.54) is 0 Å². The van der Waals surface area contributed by atoms with Gasteiger partial charge in [-0.25, -0.2) is 9.78 Å². The first kappa shape index (κ1) is 13.8. The molecule has 2 aromatic rings. The summed E-state index contributed by atoms with van der Waals surface area (Å²) < 4.78 is 5.35. The molecule has 0 amide bonds. The van der Waals surface area contributed by atoms with Crippen LogP contribution in [0.3, 0.4) is 0 Å². The number of para-hydroxylation sites is 1. The number of pyridine rings is 1. The first-order valence-corrected chi connectivity index (χ1v) is 7.16. The Balaban J connectivity index is 1.64. The summed E-state index contributed by atoms with van der Waals surface area (Å²) in [5.41, 5.74) is 0.999. The van der Waals surface area contributed by atoms with Crippen molar-refractivity contribution in [2.24, 2.45) is 0 Å². The number of hydrogen-bond donors (Lipinski definition) is 1. The molecule has 1 saturated heterocycles. The van der Waals surface area contributed by atoms with Crippen LogP contribution in [0.1, 0.15) is 12.8 Å². The van der Waals surface area contributed by atoms with Crippen molar-refractivity contribution in [1.29, 1.82) is 0 Å². The standard InChI is InChI=1S/C16H18N2O3/c19-16(20)11-21-13-7-9-18(10-8-13)15-6-5-12-3-1-2-4-14(12)17-15/h1-6,13H,7-11H2,(H,19,20). The van der Waals surface area contributed by atoms with Crippen LogP contribution in [-0.2, 0) is 9.53 Å². The van der Waals surface area contributed by atoms with Gasteiger partial charge in [0.25, 0.3) is 0 Å². The highest BCUT2D eigenvalue weighted by Crippen LogP contribution is 2.22. The lowest BCUT2D eigenvalue weighted by molar-refractivity contribution is -0.144. The summed E-state index contributed by atoms with van der Waals surface area (Å²) in [4.78, 5) is 17.4. The average molecular weight is 286 g/mol. The molecule has 0 bridgehead atoms. The van der Waals surface area contributed by atoms with Gasteiger partial charge in [0, 0.05) is 18.5 Å². The third-order valence-electron chi connectivity index (χ3n) is 3.79. The van der Waals surface area contributed by atoms with E-state index in [9.17, 15) is 4.79 Å². The lowest BCUT2D eigenvalue weighted by Gasteiger charge is -2.32. The Bertz CT molecular complexity index is 636. The second-order valence-electron chi connectivity index (χ2n) is 5.25. The predicted octanol–water partition coefficient (Wildman–Crippen LogP) is 2.30. The highest BCUT2D eigenvalue weighted by Gasteiger charge is 2.21. The van der Waals surface area contributed by atoms with Gasteiger partial charge < -0.3 is 14.7 Å². The van der Waals surface area contributed by atoms with Crippen molar-refractivity contribution >= 4 is 22.7 Å². The molecule has 5 nitrogen and oxygen atoms in total. The molecule has 0 radical (unpaired) electrons. The molecule has 1 aliphatic heterocycles. The molecule has 2 heterocycles. The number of carboxylic acid groups (broad SMARTS) is 1. The van der Waals surface area contributed by atoms with Crippen molar-refractivity contribution in [2.45, 2.75) is 18.9 Å². The minimum Gasteiger partial charge on any atom is -0.480 e. The number of ether oxygens (including phenoxy) is 1. The van der Waals surface area contributed by atoms with E-state index in [0.717, 1.165) is 42.7 Å². The van der Waals surface area contributed by atoms with Crippen molar-refractivity contribution in [3.8, 4) is 0 Å². The monoisotopic (exact) mass is 286 g/mol. The lowest BCUT2D eigenvalue weighted by atomic mass is 10.1. The molecule has 0 aliphatic carbocycles. The van der Waals surface area contributed by atoms with Crippen molar-refractivity contribution in [3.63, 3.8) is 0 Å². The third kappa shape index (κ3) is 3.31. The molecule has 1 aromatic carbocycles. The number of hydrogen-bond acceptors (Lipinski definition) is 4. The van der Waals surface area contributed by atoms with Crippen LogP contribution in [0.5, 0.6) is 0 Å². The summed E-state index contributed by atoms with van der Waals surface area (Å²) >= 11 is 0. The fourth-order valence-electron chi connectivity index (χ4n) is 2.67. The molecule has 1 fully saturated rings. The Labute approximate surface area is 123 Å². The Kier molecular flexibility index (Phi) is 4.01. The van der Waals surface area contributed by atoms with Crippen LogP contribution in [0.25, 0.3) is 10.9 Å². The Hall–Kier alpha value is -2.14. The second-order valence-corrected chi connectivity index (χ2v) is 5.25. The van der Waals surface area contributed by atoms with Gasteiger partial charge in [0.15, 0.2) is 0 Å². The molecule has 0 unspecified atom stereocenters. The van der Waals surface area contributed by atoms with E-state index in [-0.39, 0.29) is 12.7 Å². The highest BCUT2D eigenvalue weighted by molar-refractivity contribution is 5.80. The third-order valence-corrected chi connectivity index (χ3v) is 3.79. The van der Waals surface area contributed by atoms with Gasteiger partial charge in [-0.2, -0.15) is 0 Å². The summed E-state index contributed by atoms with van der Waals surface area (Å²) in [6, 6.07) is 12.2. The molecule has 0 atom stereocenters. The number of carbonyl (C=O) groups is 1. The zero-order chi connectivity index (χ0) is 14.7. The number of aromatic nitrogens is 1. The minimum absolute atomic E-state index is 0.0396. The summed E-state index contributed by atoms with van der Waals surface area (Å²) in [6.45, 7) is 1.48. The fraction of sp³-hybridized carbons (Fsp3) is 0.375. The normalized spacial score (nSPS) is 16.3. The topological polar surface area (TPSA) is 62.7 Å². The van der Waals surface area contributed by atoms with E-state index in [1.807, 2.05) is 24.3 Å². The Morgan fingerprint density at radius 2 is 2.00 bits per heavy atom. The number of carboxylic acids is 1. The summed E-state index contributed by atoms with van der Waals surface area (Å²) in [7, 11) is 0. The van der Waals surface area contributed by atoms with E-state index in [4.69, 9.17) is 9.84 Å². The van der Waals surface area contributed by atoms with Crippen molar-refractivity contribution in [3.05, 3.63) is 36.4 Å². The average Bonchev–Trinajstić information content (AvgIpc) is 2.53. The van der Waals surface area contributed by atoms with Gasteiger partial charge in [0.05, 0.1) is 11.6 Å². The maximum absolute atomic E-state index is 10.5. The van der Waals surface area contributed by atoms with E-state index in [1.54, 1.807) is 0 Å². The molecule has 5 heteroatoms. The molecule has 0 spiro atoms. The number of aliphatic carboxylic acids is 1. The predicted molar refractivity (Wildman–Crippen MR) is 80.6 cm³/mol. The zero-order valence-electron chi connectivity index (χ0n) is 11.7. The van der Waals surface area contributed by atoms with Gasteiger partial charge in [0.2, 0.25) is 0 Å². The molecule has 1 N–H and O–H groups in total. The smallest absolute Gasteiger partial charge is 0.329 e. The van der Waals surface area contributed by atoms with Crippen LogP contribution in [-0.4, -0.2) is 41.9 Å². The first-order valence-electron chi connectivity index (χ1n) is 7.16. The van der Waals surface area contributed by atoms with Crippen LogP contribution in [0.15, 0.2) is 36.4 Å². The van der Waals surface area contributed by atoms with Gasteiger partial charge in [0.1, 0.15) is 12.4 Å². The largest absolute Gasteiger partial charge is 0.480 e. The molecule has 3 rings (SSSR count). The van der Waals surface area contributed by atoms with Crippen LogP contribution < -0.4 is 4.90 Å². The highest BCUT2D eigenvalue weighted by atomic mass is 16.5. The number of rotatable bonds is 4. The molecule has 0 saturated carbocycles. The van der Waals surface area contributed by atoms with Gasteiger partial charge >= 0.3 is 5.97 Å². The number of fused-ring (bicyclic) bond motifs is 1. The molecule has 1 aromatic heterocycles. The minimum atomic E-state index is -0.909. The quantitative estimate of drug-likeness (QED) is 0.934. The maximum atomic E-state index is 10.5. The Morgan fingerprint density at radius 1 is 1.24 bits per heavy atom. The van der Waals surface area contributed by atoms with Crippen LogP contribution in [0, 0.1) is 0 Å². The second kappa shape index (κ2) is 6.10. The van der Waals surface area contributed by atoms with Crippen molar-refractivity contribution < 1.29 is 14.6 Å². The number of anilines is 1. The SMILES string of the molecule is O=C(O)COC1CCN(c2ccc3ccccc3n2)CC1. The zero-order valence-corrected chi connectivity index (χ0v) is 11.7. The van der Waals surface area contributed by atoms with Gasteiger partial charge in [-0.05, 0) is 31.0 Å². The molecular formula is C16H18N2O3. The number of piperidine rings is 1. The van der Waals surface area contributed by atoms with Gasteiger partial charge in [-0.1, -0.05) is 18.2 Å².